The minimum absolute atomic E-state index is 0.0607. The predicted octanol–water partition coefficient (Wildman–Crippen LogP) is 3.49. The highest BCUT2D eigenvalue weighted by molar-refractivity contribution is 7.12. The zero-order valence-corrected chi connectivity index (χ0v) is 15.0. The van der Waals surface area contributed by atoms with Gasteiger partial charge in [0.15, 0.2) is 5.78 Å². The van der Waals surface area contributed by atoms with Gasteiger partial charge in [-0.1, -0.05) is 18.2 Å². The second-order valence-corrected chi connectivity index (χ2v) is 6.80. The summed E-state index contributed by atoms with van der Waals surface area (Å²) in [5, 5.41) is 4.69. The SMILES string of the molecule is Cn1ccnc1[C@@H](NC(=O)CCC(=O)c1cccs1)c1cccc(F)c1. The van der Waals surface area contributed by atoms with Crippen molar-refractivity contribution in [2.45, 2.75) is 18.9 Å². The molecule has 2 heterocycles. The van der Waals surface area contributed by atoms with Crippen molar-refractivity contribution in [3.8, 4) is 0 Å². The molecule has 0 bridgehead atoms. The summed E-state index contributed by atoms with van der Waals surface area (Å²) in [5.41, 5.74) is 0.595. The molecule has 0 spiro atoms. The molecular formula is C19H18FN3O2S. The smallest absolute Gasteiger partial charge is 0.221 e. The fourth-order valence-corrected chi connectivity index (χ4v) is 3.35. The van der Waals surface area contributed by atoms with Gasteiger partial charge in [-0.05, 0) is 29.1 Å². The van der Waals surface area contributed by atoms with E-state index in [2.05, 4.69) is 10.3 Å². The maximum Gasteiger partial charge on any atom is 0.221 e. The van der Waals surface area contributed by atoms with Crippen molar-refractivity contribution in [3.63, 3.8) is 0 Å². The van der Waals surface area contributed by atoms with E-state index in [0.29, 0.717) is 16.3 Å². The van der Waals surface area contributed by atoms with Crippen molar-refractivity contribution in [2.24, 2.45) is 7.05 Å². The number of halogens is 1. The van der Waals surface area contributed by atoms with Crippen LogP contribution in [0.5, 0.6) is 0 Å². The Bertz CT molecular complexity index is 905. The Kier molecular flexibility index (Phi) is 5.58. The van der Waals surface area contributed by atoms with Gasteiger partial charge in [0, 0.05) is 32.3 Å². The van der Waals surface area contributed by atoms with E-state index in [1.54, 1.807) is 48.3 Å². The van der Waals surface area contributed by atoms with Gasteiger partial charge in [0.25, 0.3) is 0 Å². The van der Waals surface area contributed by atoms with Crippen LogP contribution >= 0.6 is 11.3 Å². The molecule has 0 aliphatic carbocycles. The molecule has 2 aromatic heterocycles. The monoisotopic (exact) mass is 371 g/mol. The summed E-state index contributed by atoms with van der Waals surface area (Å²) in [7, 11) is 1.81. The Balaban J connectivity index is 1.72. The lowest BCUT2D eigenvalue weighted by Gasteiger charge is -2.19. The summed E-state index contributed by atoms with van der Waals surface area (Å²) in [6.45, 7) is 0. The molecule has 1 atom stereocenters. The average molecular weight is 371 g/mol. The molecule has 0 aliphatic heterocycles. The fraction of sp³-hybridized carbons (Fsp3) is 0.211. The normalized spacial score (nSPS) is 11.9. The largest absolute Gasteiger partial charge is 0.342 e. The molecule has 3 aromatic rings. The van der Waals surface area contributed by atoms with Crippen molar-refractivity contribution >= 4 is 23.0 Å². The highest BCUT2D eigenvalue weighted by Crippen LogP contribution is 2.21. The third-order valence-corrected chi connectivity index (χ3v) is 4.89. The van der Waals surface area contributed by atoms with Gasteiger partial charge >= 0.3 is 0 Å². The highest BCUT2D eigenvalue weighted by atomic mass is 32.1. The van der Waals surface area contributed by atoms with Crippen LogP contribution in [-0.2, 0) is 11.8 Å². The number of Topliss-reactive ketones (excluding diaryl/α,β-unsaturated/α-hetero) is 1. The molecule has 5 nitrogen and oxygen atoms in total. The minimum atomic E-state index is -0.588. The van der Waals surface area contributed by atoms with Crippen LogP contribution in [0, 0.1) is 5.82 Å². The summed E-state index contributed by atoms with van der Waals surface area (Å²) in [4.78, 5) is 29.4. The zero-order chi connectivity index (χ0) is 18.5. The van der Waals surface area contributed by atoms with Crippen LogP contribution in [0.15, 0.2) is 54.2 Å². The molecule has 0 saturated heterocycles. The van der Waals surface area contributed by atoms with Gasteiger partial charge in [-0.25, -0.2) is 9.37 Å². The lowest BCUT2D eigenvalue weighted by Crippen LogP contribution is -2.31. The van der Waals surface area contributed by atoms with Crippen LogP contribution in [0.2, 0.25) is 0 Å². The molecule has 1 N–H and O–H groups in total. The third-order valence-electron chi connectivity index (χ3n) is 3.98. The van der Waals surface area contributed by atoms with E-state index in [4.69, 9.17) is 0 Å². The van der Waals surface area contributed by atoms with Crippen LogP contribution in [0.4, 0.5) is 4.39 Å². The number of nitrogens with zero attached hydrogens (tertiary/aromatic N) is 2. The number of benzene rings is 1. The first kappa shape index (κ1) is 18.0. The Hall–Kier alpha value is -2.80. The van der Waals surface area contributed by atoms with Gasteiger partial charge < -0.3 is 9.88 Å². The Morgan fingerprint density at radius 3 is 2.77 bits per heavy atom. The first-order chi connectivity index (χ1) is 12.5. The highest BCUT2D eigenvalue weighted by Gasteiger charge is 2.21. The molecule has 7 heteroatoms. The van der Waals surface area contributed by atoms with E-state index in [9.17, 15) is 14.0 Å². The number of carbonyl (C=O) groups is 2. The number of ketones is 1. The maximum atomic E-state index is 13.6. The van der Waals surface area contributed by atoms with Gasteiger partial charge in [-0.15, -0.1) is 11.3 Å². The van der Waals surface area contributed by atoms with Crippen molar-refractivity contribution in [1.82, 2.24) is 14.9 Å². The fourth-order valence-electron chi connectivity index (χ4n) is 2.66. The molecule has 134 valence electrons. The summed E-state index contributed by atoms with van der Waals surface area (Å²) >= 11 is 1.36. The van der Waals surface area contributed by atoms with Crippen molar-refractivity contribution in [1.29, 1.82) is 0 Å². The Morgan fingerprint density at radius 2 is 2.12 bits per heavy atom. The van der Waals surface area contributed by atoms with Crippen LogP contribution in [0.25, 0.3) is 0 Å². The van der Waals surface area contributed by atoms with Crippen molar-refractivity contribution in [2.75, 3.05) is 0 Å². The molecule has 0 radical (unpaired) electrons. The van der Waals surface area contributed by atoms with Crippen LogP contribution < -0.4 is 5.32 Å². The molecule has 1 amide bonds. The van der Waals surface area contributed by atoms with Crippen LogP contribution in [-0.4, -0.2) is 21.2 Å². The summed E-state index contributed by atoms with van der Waals surface area (Å²) in [6.07, 6.45) is 3.57. The quantitative estimate of drug-likeness (QED) is 0.647. The predicted molar refractivity (Wildman–Crippen MR) is 97.5 cm³/mol. The van der Waals surface area contributed by atoms with Crippen molar-refractivity contribution in [3.05, 3.63) is 76.3 Å². The van der Waals surface area contributed by atoms with Gasteiger partial charge in [0.2, 0.25) is 5.91 Å². The Morgan fingerprint density at radius 1 is 1.27 bits per heavy atom. The zero-order valence-electron chi connectivity index (χ0n) is 14.2. The molecule has 3 rings (SSSR count). The number of amides is 1. The first-order valence-corrected chi connectivity index (χ1v) is 9.01. The summed E-state index contributed by atoms with van der Waals surface area (Å²) in [5.74, 6) is -0.140. The molecular weight excluding hydrogens is 353 g/mol. The number of rotatable bonds is 7. The summed E-state index contributed by atoms with van der Waals surface area (Å²) in [6, 6.07) is 9.01. The summed E-state index contributed by atoms with van der Waals surface area (Å²) < 4.78 is 15.4. The molecule has 1 aromatic carbocycles. The molecule has 0 aliphatic rings. The number of thiophene rings is 1. The van der Waals surface area contributed by atoms with E-state index in [0.717, 1.165) is 0 Å². The second-order valence-electron chi connectivity index (χ2n) is 5.85. The van der Waals surface area contributed by atoms with E-state index in [1.165, 1.54) is 23.5 Å². The third kappa shape index (κ3) is 4.23. The van der Waals surface area contributed by atoms with Crippen molar-refractivity contribution < 1.29 is 14.0 Å². The van der Waals surface area contributed by atoms with Crippen LogP contribution in [0.1, 0.15) is 39.9 Å². The lowest BCUT2D eigenvalue weighted by atomic mass is 10.1. The number of aryl methyl sites for hydroxylation is 1. The number of imidazole rings is 1. The van der Waals surface area contributed by atoms with Gasteiger partial charge in [-0.3, -0.25) is 9.59 Å². The molecule has 0 unspecified atom stereocenters. The van der Waals surface area contributed by atoms with E-state index < -0.39 is 6.04 Å². The maximum absolute atomic E-state index is 13.6. The number of hydrogen-bond donors (Lipinski definition) is 1. The number of hydrogen-bond acceptors (Lipinski definition) is 4. The topological polar surface area (TPSA) is 64.0 Å². The minimum Gasteiger partial charge on any atom is -0.342 e. The standard InChI is InChI=1S/C19H18FN3O2S/c1-23-10-9-21-19(23)18(13-4-2-5-14(20)12-13)22-17(25)8-7-15(24)16-6-3-11-26-16/h2-6,9-12,18H,7-8H2,1H3,(H,22,25)/t18-/m0/s1. The van der Waals surface area contributed by atoms with E-state index in [-0.39, 0.29) is 30.3 Å². The van der Waals surface area contributed by atoms with Gasteiger partial charge in [0.1, 0.15) is 17.7 Å². The van der Waals surface area contributed by atoms with E-state index in [1.807, 2.05) is 5.38 Å². The van der Waals surface area contributed by atoms with Gasteiger partial charge in [0.05, 0.1) is 4.88 Å². The number of aromatic nitrogens is 2. The first-order valence-electron chi connectivity index (χ1n) is 8.13. The van der Waals surface area contributed by atoms with Crippen LogP contribution in [0.3, 0.4) is 0 Å². The molecule has 0 saturated carbocycles. The molecule has 0 fully saturated rings. The average Bonchev–Trinajstić information content (AvgIpc) is 3.29. The number of carbonyl (C=O) groups excluding carboxylic acids is 2. The second kappa shape index (κ2) is 8.05. The molecule has 26 heavy (non-hydrogen) atoms. The lowest BCUT2D eigenvalue weighted by molar-refractivity contribution is -0.121. The number of nitrogens with one attached hydrogen (secondary N) is 1. The van der Waals surface area contributed by atoms with E-state index >= 15 is 0 Å². The Labute approximate surface area is 154 Å². The van der Waals surface area contributed by atoms with Gasteiger partial charge in [-0.2, -0.15) is 0 Å².